The van der Waals surface area contributed by atoms with Crippen LogP contribution in [0.3, 0.4) is 0 Å². The molecule has 0 aromatic heterocycles. The van der Waals surface area contributed by atoms with E-state index < -0.39 is 7.82 Å². The van der Waals surface area contributed by atoms with Gasteiger partial charge in [0.1, 0.15) is 0 Å². The molecule has 1 radical (unpaired) electrons. The molecule has 0 aliphatic carbocycles. The first-order valence-electron chi connectivity index (χ1n) is 0.783. The van der Waals surface area contributed by atoms with Crippen molar-refractivity contribution in [3.8, 4) is 0 Å². The molecule has 0 aromatic rings. The summed E-state index contributed by atoms with van der Waals surface area (Å²) in [6.45, 7) is 0. The maximum Gasteiger partial charge on any atom is 0 e. The fourth-order valence-electron chi connectivity index (χ4n) is 0. The Balaban J connectivity index is -0.0000000267. The van der Waals surface area contributed by atoms with Crippen LogP contribution in [0.5, 0.6) is 0 Å². The van der Waals surface area contributed by atoms with Crippen LogP contribution >= 0.6 is 7.82 Å². The molecule has 0 amide bonds. The molecule has 8 heteroatoms. The second-order valence-electron chi connectivity index (χ2n) is 0.513. The fraction of sp³-hybridized carbons (Fsp3) is 0. The van der Waals surface area contributed by atoms with E-state index in [1.165, 1.54) is 0 Å². The van der Waals surface area contributed by atoms with Gasteiger partial charge in [0, 0.05) is 18.6 Å². The van der Waals surface area contributed by atoms with Gasteiger partial charge in [-0.25, -0.2) is 4.57 Å². The van der Waals surface area contributed by atoms with Crippen LogP contribution in [-0.4, -0.2) is 33.5 Å². The van der Waals surface area contributed by atoms with Crippen LogP contribution in [0.25, 0.3) is 0 Å². The van der Waals surface area contributed by atoms with Gasteiger partial charge in [0.15, 0.2) is 0 Å². The molecule has 0 heterocycles. The Morgan fingerprint density at radius 3 is 1.12 bits per heavy atom. The third-order valence-electron chi connectivity index (χ3n) is 0. The van der Waals surface area contributed by atoms with Gasteiger partial charge in [0.2, 0.25) is 0 Å². The molecule has 47 valence electrons. The summed E-state index contributed by atoms with van der Waals surface area (Å²) in [6, 6.07) is 0. The first kappa shape index (κ1) is 22.9. The normalized spacial score (nSPS) is 7.38. The minimum absolute atomic E-state index is 0. The van der Waals surface area contributed by atoms with Crippen molar-refractivity contribution in [3.63, 3.8) is 0 Å². The van der Waals surface area contributed by atoms with E-state index in [1.807, 2.05) is 0 Å². The van der Waals surface area contributed by atoms with Gasteiger partial charge in [0.05, 0.1) is 0 Å². The summed E-state index contributed by atoms with van der Waals surface area (Å²) in [5.41, 5.74) is 0. The van der Waals surface area contributed by atoms with E-state index in [0.717, 1.165) is 0 Å². The zero-order valence-corrected chi connectivity index (χ0v) is 5.34. The number of hydrogen-bond donors (Lipinski definition) is 3. The van der Waals surface area contributed by atoms with Gasteiger partial charge >= 0.3 is 26.7 Å². The molecule has 0 aliphatic rings. The van der Waals surface area contributed by atoms with Gasteiger partial charge < -0.3 is 14.7 Å². The summed E-state index contributed by atoms with van der Waals surface area (Å²) in [5, 5.41) is 0. The van der Waals surface area contributed by atoms with Crippen molar-refractivity contribution in [2.45, 2.75) is 0 Å². The smallest absolute Gasteiger partial charge is 0 e. The van der Waals surface area contributed by atoms with Gasteiger partial charge in [-0.15, -0.1) is 0 Å². The van der Waals surface area contributed by atoms with Crippen molar-refractivity contribution in [1.82, 2.24) is 0 Å². The van der Waals surface area contributed by atoms with Crippen LogP contribution < -0.4 is 0 Å². The summed E-state index contributed by atoms with van der Waals surface area (Å²) in [5.74, 6) is 0. The summed E-state index contributed by atoms with van der Waals surface area (Å²) < 4.78 is 8.88. The minimum atomic E-state index is -4.64. The van der Waals surface area contributed by atoms with Crippen LogP contribution in [0.1, 0.15) is 0 Å². The number of phosphoric acid groups is 1. The average Bonchev–Trinajstić information content (AvgIpc) is 0.722. The molecule has 0 unspecified atom stereocenters. The molecular formula is H5FLiO4PV. The first-order chi connectivity index (χ1) is 2.00. The standard InChI is InChI=1S/FH.Li.H3O4P.V.H/c;;1-5(2,3)4;;/h1H;;(H3,1,2,3,4);;. The van der Waals surface area contributed by atoms with Gasteiger partial charge in [-0.1, -0.05) is 0 Å². The Hall–Kier alpha value is 1.22. The average molecular weight is 177 g/mol. The van der Waals surface area contributed by atoms with E-state index >= 15 is 0 Å². The van der Waals surface area contributed by atoms with Gasteiger partial charge in [-0.2, -0.15) is 0 Å². The fourth-order valence-corrected chi connectivity index (χ4v) is 0. The zero-order valence-electron chi connectivity index (χ0n) is 3.05. The van der Waals surface area contributed by atoms with Crippen LogP contribution in [-0.2, 0) is 23.1 Å². The third-order valence-corrected chi connectivity index (χ3v) is 0. The van der Waals surface area contributed by atoms with Crippen molar-refractivity contribution in [1.29, 1.82) is 0 Å². The topological polar surface area (TPSA) is 77.8 Å². The number of rotatable bonds is 0. The molecule has 0 fully saturated rings. The predicted octanol–water partition coefficient (Wildman–Crippen LogP) is -1.43. The second-order valence-corrected chi connectivity index (χ2v) is 1.54. The van der Waals surface area contributed by atoms with E-state index in [-0.39, 0.29) is 42.1 Å². The van der Waals surface area contributed by atoms with Crippen molar-refractivity contribution in [3.05, 3.63) is 0 Å². The number of halogens is 1. The molecular weight excluding hydrogens is 172 g/mol. The van der Waals surface area contributed by atoms with E-state index in [1.54, 1.807) is 0 Å². The Morgan fingerprint density at radius 2 is 1.12 bits per heavy atom. The maximum absolute atomic E-state index is 8.88. The van der Waals surface area contributed by atoms with Gasteiger partial charge in [-0.05, 0) is 0 Å². The molecule has 0 saturated heterocycles. The minimum Gasteiger partial charge on any atom is 0 e. The van der Waals surface area contributed by atoms with E-state index in [0.29, 0.717) is 0 Å². The molecule has 0 aromatic carbocycles. The predicted molar refractivity (Wildman–Crippen MR) is 23.9 cm³/mol. The summed E-state index contributed by atoms with van der Waals surface area (Å²) in [4.78, 5) is 21.6. The largest absolute Gasteiger partial charge is 0 e. The molecule has 0 atom stereocenters. The van der Waals surface area contributed by atoms with Gasteiger partial charge in [0.25, 0.3) is 0 Å². The van der Waals surface area contributed by atoms with Crippen molar-refractivity contribution in [2.24, 2.45) is 0 Å². The van der Waals surface area contributed by atoms with Crippen LogP contribution in [0.2, 0.25) is 0 Å². The molecule has 4 nitrogen and oxygen atoms in total. The molecule has 3 N–H and O–H groups in total. The Labute approximate surface area is 69.3 Å². The SMILES string of the molecule is F.O=P(O)(O)O.[LiH].[V]. The molecule has 0 spiro atoms. The van der Waals surface area contributed by atoms with Crippen molar-refractivity contribution >= 4 is 26.7 Å². The Kier molecular flexibility index (Phi) is 23.5. The van der Waals surface area contributed by atoms with Crippen molar-refractivity contribution < 1.29 is 42.5 Å². The quantitative estimate of drug-likeness (QED) is 0.313. The molecule has 0 aliphatic heterocycles. The second kappa shape index (κ2) is 8.22. The molecule has 0 rings (SSSR count). The van der Waals surface area contributed by atoms with Gasteiger partial charge in [-0.3, -0.25) is 4.70 Å². The van der Waals surface area contributed by atoms with Crippen molar-refractivity contribution in [2.75, 3.05) is 0 Å². The Morgan fingerprint density at radius 1 is 1.12 bits per heavy atom. The molecule has 8 heavy (non-hydrogen) atoms. The third kappa shape index (κ3) is 187. The summed E-state index contributed by atoms with van der Waals surface area (Å²) in [6.07, 6.45) is 0. The van der Waals surface area contributed by atoms with E-state index in [2.05, 4.69) is 0 Å². The monoisotopic (exact) mass is 177 g/mol. The zero-order chi connectivity index (χ0) is 4.50. The number of hydrogen-bond acceptors (Lipinski definition) is 1. The summed E-state index contributed by atoms with van der Waals surface area (Å²) in [7, 11) is -4.64. The van der Waals surface area contributed by atoms with E-state index in [9.17, 15) is 0 Å². The first-order valence-corrected chi connectivity index (χ1v) is 2.35. The van der Waals surface area contributed by atoms with Crippen LogP contribution in [0.15, 0.2) is 0 Å². The summed E-state index contributed by atoms with van der Waals surface area (Å²) >= 11 is 0. The molecule has 0 bridgehead atoms. The maximum atomic E-state index is 8.88. The van der Waals surface area contributed by atoms with Crippen LogP contribution in [0, 0.1) is 0 Å². The van der Waals surface area contributed by atoms with E-state index in [4.69, 9.17) is 19.2 Å². The molecule has 0 saturated carbocycles. The Bertz CT molecular complexity index is 62.2. The van der Waals surface area contributed by atoms with Crippen LogP contribution in [0.4, 0.5) is 4.70 Å².